The molecular formula is C15H11N3S2. The van der Waals surface area contributed by atoms with Crippen LogP contribution in [0.5, 0.6) is 0 Å². The summed E-state index contributed by atoms with van der Waals surface area (Å²) in [4.78, 5) is 8.90. The number of rotatable bonds is 2. The largest absolute Gasteiger partial charge is 0.331 e. The van der Waals surface area contributed by atoms with Crippen LogP contribution in [0, 0.1) is 6.92 Å². The van der Waals surface area contributed by atoms with Crippen LogP contribution in [-0.2, 0) is 0 Å². The van der Waals surface area contributed by atoms with Crippen molar-refractivity contribution in [3.05, 3.63) is 47.5 Å². The molecule has 0 aliphatic heterocycles. The van der Waals surface area contributed by atoms with Crippen LogP contribution < -0.4 is 5.32 Å². The first kappa shape index (κ1) is 11.8. The van der Waals surface area contributed by atoms with Crippen LogP contribution in [0.4, 0.5) is 10.8 Å². The summed E-state index contributed by atoms with van der Waals surface area (Å²) in [5.74, 6) is 0. The Hall–Kier alpha value is -1.98. The fourth-order valence-corrected chi connectivity index (χ4v) is 3.84. The molecule has 0 amide bonds. The Balaban J connectivity index is 1.72. The third kappa shape index (κ3) is 2.05. The number of fused-ring (bicyclic) bond motifs is 2. The molecule has 0 bridgehead atoms. The molecule has 0 atom stereocenters. The van der Waals surface area contributed by atoms with Gasteiger partial charge < -0.3 is 5.32 Å². The van der Waals surface area contributed by atoms with E-state index in [2.05, 4.69) is 46.5 Å². The van der Waals surface area contributed by atoms with E-state index in [-0.39, 0.29) is 0 Å². The predicted molar refractivity (Wildman–Crippen MR) is 87.3 cm³/mol. The Bertz CT molecular complexity index is 908. The quantitative estimate of drug-likeness (QED) is 0.568. The van der Waals surface area contributed by atoms with Crippen molar-refractivity contribution in [2.24, 2.45) is 0 Å². The number of nitrogens with zero attached hydrogens (tertiary/aromatic N) is 2. The number of anilines is 2. The van der Waals surface area contributed by atoms with Gasteiger partial charge in [0.2, 0.25) is 0 Å². The maximum atomic E-state index is 4.61. The van der Waals surface area contributed by atoms with Gasteiger partial charge in [0.05, 0.1) is 25.9 Å². The van der Waals surface area contributed by atoms with E-state index in [1.807, 2.05) is 17.6 Å². The van der Waals surface area contributed by atoms with Gasteiger partial charge in [-0.1, -0.05) is 17.4 Å². The minimum atomic E-state index is 0.925. The highest BCUT2D eigenvalue weighted by molar-refractivity contribution is 7.22. The molecule has 0 aliphatic carbocycles. The van der Waals surface area contributed by atoms with Crippen molar-refractivity contribution in [1.29, 1.82) is 0 Å². The van der Waals surface area contributed by atoms with E-state index in [0.717, 1.165) is 21.9 Å². The summed E-state index contributed by atoms with van der Waals surface area (Å²) in [7, 11) is 0. The molecule has 3 nitrogen and oxygen atoms in total. The molecule has 0 fully saturated rings. The van der Waals surface area contributed by atoms with E-state index >= 15 is 0 Å². The maximum absolute atomic E-state index is 4.61. The lowest BCUT2D eigenvalue weighted by Gasteiger charge is -2.01. The van der Waals surface area contributed by atoms with Gasteiger partial charge >= 0.3 is 0 Å². The van der Waals surface area contributed by atoms with Gasteiger partial charge in [-0.2, -0.15) is 0 Å². The fraction of sp³-hybridized carbons (Fsp3) is 0.0667. The molecule has 4 rings (SSSR count). The average Bonchev–Trinajstić information content (AvgIpc) is 3.03. The summed E-state index contributed by atoms with van der Waals surface area (Å²) < 4.78 is 2.40. The monoisotopic (exact) mass is 297 g/mol. The van der Waals surface area contributed by atoms with Crippen molar-refractivity contribution in [1.82, 2.24) is 9.97 Å². The van der Waals surface area contributed by atoms with Gasteiger partial charge in [0.1, 0.15) is 0 Å². The van der Waals surface area contributed by atoms with Crippen LogP contribution in [-0.4, -0.2) is 9.97 Å². The molecule has 0 saturated carbocycles. The van der Waals surface area contributed by atoms with Crippen molar-refractivity contribution in [3.8, 4) is 0 Å². The highest BCUT2D eigenvalue weighted by Gasteiger charge is 2.05. The highest BCUT2D eigenvalue weighted by atomic mass is 32.1. The van der Waals surface area contributed by atoms with E-state index < -0.39 is 0 Å². The summed E-state index contributed by atoms with van der Waals surface area (Å²) in [5, 5.41) is 4.31. The Kier molecular flexibility index (Phi) is 2.68. The van der Waals surface area contributed by atoms with Crippen LogP contribution in [0.2, 0.25) is 0 Å². The summed E-state index contributed by atoms with van der Waals surface area (Å²) >= 11 is 3.33. The zero-order valence-corrected chi connectivity index (χ0v) is 12.4. The van der Waals surface area contributed by atoms with Gasteiger partial charge in [0, 0.05) is 5.69 Å². The minimum Gasteiger partial charge on any atom is -0.331 e. The molecule has 4 aromatic rings. The molecule has 1 N–H and O–H groups in total. The number of hydrogen-bond acceptors (Lipinski definition) is 5. The molecule has 0 unspecified atom stereocenters. The zero-order chi connectivity index (χ0) is 13.5. The lowest BCUT2D eigenvalue weighted by Crippen LogP contribution is -1.88. The summed E-state index contributed by atoms with van der Waals surface area (Å²) in [6.07, 6.45) is 0. The van der Waals surface area contributed by atoms with Gasteiger partial charge in [0.15, 0.2) is 5.13 Å². The van der Waals surface area contributed by atoms with Crippen LogP contribution in [0.25, 0.3) is 20.4 Å². The maximum Gasteiger partial charge on any atom is 0.188 e. The van der Waals surface area contributed by atoms with Crippen LogP contribution in [0.1, 0.15) is 5.56 Å². The van der Waals surface area contributed by atoms with E-state index in [1.54, 1.807) is 22.7 Å². The Morgan fingerprint density at radius 3 is 2.85 bits per heavy atom. The van der Waals surface area contributed by atoms with Crippen molar-refractivity contribution in [2.45, 2.75) is 6.92 Å². The molecule has 0 spiro atoms. The number of benzene rings is 2. The third-order valence-corrected chi connectivity index (χ3v) is 4.85. The minimum absolute atomic E-state index is 0.925. The van der Waals surface area contributed by atoms with Crippen molar-refractivity contribution < 1.29 is 0 Å². The third-order valence-electron chi connectivity index (χ3n) is 3.13. The van der Waals surface area contributed by atoms with Crippen LogP contribution >= 0.6 is 22.7 Å². The van der Waals surface area contributed by atoms with Gasteiger partial charge in [-0.05, 0) is 42.8 Å². The first-order valence-electron chi connectivity index (χ1n) is 6.25. The molecule has 0 aliphatic rings. The van der Waals surface area contributed by atoms with Gasteiger partial charge in [-0.25, -0.2) is 9.97 Å². The molecule has 98 valence electrons. The van der Waals surface area contributed by atoms with Gasteiger partial charge in [0.25, 0.3) is 0 Å². The first-order valence-corrected chi connectivity index (χ1v) is 7.95. The molecule has 0 saturated heterocycles. The van der Waals surface area contributed by atoms with Crippen LogP contribution in [0.15, 0.2) is 41.9 Å². The van der Waals surface area contributed by atoms with E-state index in [9.17, 15) is 0 Å². The number of hydrogen-bond donors (Lipinski definition) is 1. The number of aromatic nitrogens is 2. The Labute approximate surface area is 123 Å². The average molecular weight is 297 g/mol. The van der Waals surface area contributed by atoms with Crippen molar-refractivity contribution in [3.63, 3.8) is 0 Å². The fourth-order valence-electron chi connectivity index (χ4n) is 2.14. The number of nitrogens with one attached hydrogen (secondary N) is 1. The van der Waals surface area contributed by atoms with Gasteiger partial charge in [-0.3, -0.25) is 0 Å². The predicted octanol–water partition coefficient (Wildman–Crippen LogP) is 4.96. The standard InChI is InChI=1S/C15H11N3S2/c1-9-2-4-12-14(6-9)20-15(18-12)17-10-3-5-11-13(7-10)19-8-16-11/h2-8H,1H3,(H,17,18). The Morgan fingerprint density at radius 1 is 1.00 bits per heavy atom. The Morgan fingerprint density at radius 2 is 1.90 bits per heavy atom. The summed E-state index contributed by atoms with van der Waals surface area (Å²) in [6, 6.07) is 12.5. The van der Waals surface area contributed by atoms with Crippen molar-refractivity contribution in [2.75, 3.05) is 5.32 Å². The SMILES string of the molecule is Cc1ccc2nc(Nc3ccc4ncsc4c3)sc2c1. The molecule has 20 heavy (non-hydrogen) atoms. The lowest BCUT2D eigenvalue weighted by atomic mass is 10.2. The topological polar surface area (TPSA) is 37.8 Å². The first-order chi connectivity index (χ1) is 9.78. The second kappa shape index (κ2) is 4.54. The zero-order valence-electron chi connectivity index (χ0n) is 10.8. The molecule has 2 aromatic heterocycles. The molecule has 2 heterocycles. The van der Waals surface area contributed by atoms with E-state index in [1.165, 1.54) is 15.0 Å². The highest BCUT2D eigenvalue weighted by Crippen LogP contribution is 2.30. The summed E-state index contributed by atoms with van der Waals surface area (Å²) in [5.41, 5.74) is 6.27. The number of thiazole rings is 2. The second-order valence-corrected chi connectivity index (χ2v) is 6.57. The van der Waals surface area contributed by atoms with Crippen LogP contribution in [0.3, 0.4) is 0 Å². The normalized spacial score (nSPS) is 11.2. The molecule has 5 heteroatoms. The molecule has 0 radical (unpaired) electrons. The van der Waals surface area contributed by atoms with E-state index in [0.29, 0.717) is 0 Å². The second-order valence-electron chi connectivity index (χ2n) is 4.65. The van der Waals surface area contributed by atoms with Gasteiger partial charge in [-0.15, -0.1) is 11.3 Å². The molecular weight excluding hydrogens is 286 g/mol. The lowest BCUT2D eigenvalue weighted by molar-refractivity contribution is 1.43. The molecule has 2 aromatic carbocycles. The van der Waals surface area contributed by atoms with Crippen molar-refractivity contribution >= 4 is 53.9 Å². The smallest absolute Gasteiger partial charge is 0.188 e. The number of aryl methyl sites for hydroxylation is 1. The van der Waals surface area contributed by atoms with E-state index in [4.69, 9.17) is 0 Å². The summed E-state index contributed by atoms with van der Waals surface area (Å²) in [6.45, 7) is 2.10.